The van der Waals surface area contributed by atoms with Gasteiger partial charge >= 0.3 is 0 Å². The van der Waals surface area contributed by atoms with Crippen molar-refractivity contribution in [2.75, 3.05) is 6.54 Å². The molecule has 4 aromatic rings. The molecule has 2 aromatic heterocycles. The van der Waals surface area contributed by atoms with Gasteiger partial charge in [-0.2, -0.15) is 0 Å². The van der Waals surface area contributed by atoms with Gasteiger partial charge in [0.15, 0.2) is 5.96 Å². The molecule has 0 fully saturated rings. The number of imidazole rings is 1. The Kier molecular flexibility index (Phi) is 16.9. The van der Waals surface area contributed by atoms with Crippen LogP contribution in [0.4, 0.5) is 0 Å². The minimum atomic E-state index is -1.16. The number of unbranched alkanes of at least 4 members (excludes halogenated alkanes) is 4. The number of benzene rings is 2. The first kappa shape index (κ1) is 42.6. The summed E-state index contributed by atoms with van der Waals surface area (Å²) in [7, 11) is 0. The number of carbonyl (C=O) groups is 5. The number of nitrogens with one attached hydrogen (secondary N) is 6. The van der Waals surface area contributed by atoms with Crippen molar-refractivity contribution in [2.45, 2.75) is 102 Å². The van der Waals surface area contributed by atoms with Crippen LogP contribution >= 0.6 is 0 Å². The lowest BCUT2D eigenvalue weighted by Crippen LogP contribution is -2.59. The molecule has 0 unspecified atom stereocenters. The number of guanidine groups is 1. The molecule has 0 aliphatic carbocycles. The Morgan fingerprint density at radius 3 is 2.07 bits per heavy atom. The van der Waals surface area contributed by atoms with Gasteiger partial charge in [-0.15, -0.1) is 0 Å². The number of rotatable bonds is 24. The molecule has 2 heterocycles. The molecule has 300 valence electrons. The van der Waals surface area contributed by atoms with Crippen LogP contribution in [0.3, 0.4) is 0 Å². The van der Waals surface area contributed by atoms with Gasteiger partial charge < -0.3 is 48.4 Å². The number of hydrogen-bond acceptors (Lipinski definition) is 7. The Labute approximate surface area is 326 Å². The molecule has 16 nitrogen and oxygen atoms in total. The molecule has 16 heteroatoms. The molecule has 0 radical (unpaired) electrons. The molecule has 0 spiro atoms. The number of aromatic amines is 2. The van der Waals surface area contributed by atoms with Gasteiger partial charge in [0.2, 0.25) is 29.5 Å². The number of hydrogen-bond donors (Lipinski definition) is 9. The maximum Gasteiger partial charge on any atom is 0.243 e. The van der Waals surface area contributed by atoms with Crippen LogP contribution < -0.4 is 38.5 Å². The molecule has 0 aliphatic heterocycles. The van der Waals surface area contributed by atoms with Crippen molar-refractivity contribution in [2.24, 2.45) is 22.2 Å². The SMILES string of the molecule is CCCCCCCC(=O)N[C@@H](Cc1cnc[nH]1)C(=O)N[C@H](Cc1ccccc1)C(=O)N[C@@H](CCCN=C(N)N)C(=O)N[C@@H](Cc1c[nH]c2ccccc12)C(N)=O. The second kappa shape index (κ2) is 22.3. The van der Waals surface area contributed by atoms with Gasteiger partial charge in [-0.05, 0) is 36.5 Å². The molecular weight excluding hydrogens is 715 g/mol. The van der Waals surface area contributed by atoms with Crippen LogP contribution in [-0.4, -0.2) is 81.2 Å². The number of nitrogens with zero attached hydrogens (tertiary/aromatic N) is 2. The summed E-state index contributed by atoms with van der Waals surface area (Å²) in [4.78, 5) is 81.9. The van der Waals surface area contributed by atoms with Gasteiger partial charge in [-0.1, -0.05) is 81.1 Å². The average Bonchev–Trinajstić information content (AvgIpc) is 3.85. The molecule has 0 saturated heterocycles. The number of para-hydroxylation sites is 1. The standard InChI is InChI=1S/C40H55N11O5/c1-2-3-4-5-9-18-35(52)48-34(22-28-24-44-25-47-28)39(56)51-33(20-26-13-7-6-8-14-26)38(55)49-31(17-12-19-45-40(42)43)37(54)50-32(36(41)53)21-27-23-46-30-16-11-10-15-29(27)30/h6-8,10-11,13-16,23-25,31-34,46H,2-5,9,12,17-22H2,1H3,(H2,41,53)(H,44,47)(H,48,52)(H,49,55)(H,50,54)(H,51,56)(H4,42,43,45)/t31-,32-,33+,34-/m0/s1. The normalized spacial score (nSPS) is 13.2. The molecule has 4 atom stereocenters. The van der Waals surface area contributed by atoms with Crippen LogP contribution in [0.25, 0.3) is 10.9 Å². The van der Waals surface area contributed by atoms with E-state index in [1.54, 1.807) is 12.4 Å². The zero-order valence-electron chi connectivity index (χ0n) is 31.9. The first-order valence-electron chi connectivity index (χ1n) is 19.1. The third-order valence-corrected chi connectivity index (χ3v) is 9.39. The first-order valence-corrected chi connectivity index (χ1v) is 19.1. The molecule has 4 rings (SSSR count). The van der Waals surface area contributed by atoms with E-state index in [4.69, 9.17) is 17.2 Å². The molecule has 0 saturated carbocycles. The van der Waals surface area contributed by atoms with Crippen LogP contribution in [-0.2, 0) is 43.2 Å². The quantitative estimate of drug-likeness (QED) is 0.0287. The maximum absolute atomic E-state index is 14.2. The van der Waals surface area contributed by atoms with E-state index in [2.05, 4.69) is 48.1 Å². The van der Waals surface area contributed by atoms with E-state index in [0.717, 1.165) is 47.7 Å². The Morgan fingerprint density at radius 1 is 0.714 bits per heavy atom. The summed E-state index contributed by atoms with van der Waals surface area (Å²) in [5.41, 5.74) is 19.8. The third-order valence-electron chi connectivity index (χ3n) is 9.39. The maximum atomic E-state index is 14.2. The highest BCUT2D eigenvalue weighted by Crippen LogP contribution is 2.19. The van der Waals surface area contributed by atoms with Gasteiger partial charge in [0.1, 0.15) is 24.2 Å². The summed E-state index contributed by atoms with van der Waals surface area (Å²) in [5, 5.41) is 12.1. The van der Waals surface area contributed by atoms with Crippen molar-refractivity contribution >= 4 is 46.4 Å². The molecule has 56 heavy (non-hydrogen) atoms. The van der Waals surface area contributed by atoms with E-state index in [-0.39, 0.29) is 50.5 Å². The van der Waals surface area contributed by atoms with Crippen molar-refractivity contribution in [3.05, 3.63) is 90.1 Å². The minimum Gasteiger partial charge on any atom is -0.370 e. The molecular formula is C40H55N11O5. The van der Waals surface area contributed by atoms with E-state index in [1.165, 1.54) is 6.33 Å². The summed E-state index contributed by atoms with van der Waals surface area (Å²) >= 11 is 0. The summed E-state index contributed by atoms with van der Waals surface area (Å²) < 4.78 is 0. The number of H-pyrrole nitrogens is 2. The molecule has 0 aliphatic rings. The summed E-state index contributed by atoms with van der Waals surface area (Å²) in [6, 6.07) is 12.2. The average molecular weight is 770 g/mol. The molecule has 12 N–H and O–H groups in total. The van der Waals surface area contributed by atoms with Crippen molar-refractivity contribution < 1.29 is 24.0 Å². The van der Waals surface area contributed by atoms with Gasteiger partial charge in [-0.25, -0.2) is 4.98 Å². The highest BCUT2D eigenvalue weighted by atomic mass is 16.2. The minimum absolute atomic E-state index is 0.0768. The van der Waals surface area contributed by atoms with Crippen molar-refractivity contribution in [1.82, 2.24) is 36.2 Å². The fourth-order valence-corrected chi connectivity index (χ4v) is 6.37. The van der Waals surface area contributed by atoms with Crippen molar-refractivity contribution in [3.63, 3.8) is 0 Å². The summed E-state index contributed by atoms with van der Waals surface area (Å²) in [5.74, 6) is -3.05. The number of primary amides is 1. The van der Waals surface area contributed by atoms with Gasteiger partial charge in [0, 0.05) is 61.2 Å². The zero-order chi connectivity index (χ0) is 40.3. The molecule has 2 aromatic carbocycles. The smallest absolute Gasteiger partial charge is 0.243 e. The van der Waals surface area contributed by atoms with Crippen LogP contribution in [0.5, 0.6) is 0 Å². The Balaban J connectivity index is 1.54. The highest BCUT2D eigenvalue weighted by molar-refractivity contribution is 5.96. The fourth-order valence-electron chi connectivity index (χ4n) is 6.37. The third kappa shape index (κ3) is 13.9. The Morgan fingerprint density at radius 2 is 1.38 bits per heavy atom. The first-order chi connectivity index (χ1) is 27.0. The number of nitrogens with two attached hydrogens (primary N) is 3. The lowest BCUT2D eigenvalue weighted by Gasteiger charge is -2.26. The zero-order valence-corrected chi connectivity index (χ0v) is 31.9. The van der Waals surface area contributed by atoms with E-state index in [1.807, 2.05) is 54.6 Å². The predicted octanol–water partition coefficient (Wildman–Crippen LogP) is 1.76. The Hall–Kier alpha value is -6.19. The highest BCUT2D eigenvalue weighted by Gasteiger charge is 2.32. The number of carbonyl (C=O) groups excluding carboxylic acids is 5. The van der Waals surface area contributed by atoms with Gasteiger partial charge in [0.25, 0.3) is 0 Å². The summed E-state index contributed by atoms with van der Waals surface area (Å²) in [6.07, 6.45) is 10.5. The number of fused-ring (bicyclic) bond motifs is 1. The fraction of sp³-hybridized carbons (Fsp3) is 0.425. The van der Waals surface area contributed by atoms with E-state index in [9.17, 15) is 24.0 Å². The van der Waals surface area contributed by atoms with Crippen molar-refractivity contribution in [3.8, 4) is 0 Å². The van der Waals surface area contributed by atoms with Gasteiger partial charge in [0.05, 0.1) is 6.33 Å². The Bertz CT molecular complexity index is 1890. The lowest BCUT2D eigenvalue weighted by molar-refractivity contribution is -0.134. The van der Waals surface area contributed by atoms with E-state index >= 15 is 0 Å². The lowest BCUT2D eigenvalue weighted by atomic mass is 10.0. The molecule has 5 amide bonds. The topological polar surface area (TPSA) is 268 Å². The van der Waals surface area contributed by atoms with Crippen LogP contribution in [0.15, 0.2) is 78.3 Å². The second-order valence-corrected chi connectivity index (χ2v) is 13.9. The largest absolute Gasteiger partial charge is 0.370 e. The second-order valence-electron chi connectivity index (χ2n) is 13.9. The number of aliphatic imine (C=N–C) groups is 1. The van der Waals surface area contributed by atoms with Crippen LogP contribution in [0.2, 0.25) is 0 Å². The van der Waals surface area contributed by atoms with E-state index < -0.39 is 47.8 Å². The van der Waals surface area contributed by atoms with Crippen LogP contribution in [0, 0.1) is 0 Å². The summed E-state index contributed by atoms with van der Waals surface area (Å²) in [6.45, 7) is 2.29. The number of aromatic nitrogens is 3. The molecule has 0 bridgehead atoms. The van der Waals surface area contributed by atoms with Crippen LogP contribution in [0.1, 0.15) is 75.1 Å². The number of amides is 5. The predicted molar refractivity (Wildman–Crippen MR) is 215 cm³/mol. The monoisotopic (exact) mass is 769 g/mol. The van der Waals surface area contributed by atoms with Crippen molar-refractivity contribution in [1.29, 1.82) is 0 Å². The van der Waals surface area contributed by atoms with Gasteiger partial charge in [-0.3, -0.25) is 29.0 Å². The van der Waals surface area contributed by atoms with E-state index in [0.29, 0.717) is 18.5 Å².